The Bertz CT molecular complexity index is 679. The zero-order chi connectivity index (χ0) is 15.8. The van der Waals surface area contributed by atoms with Crippen molar-refractivity contribution in [2.24, 2.45) is 5.41 Å². The number of hydrogen-bond acceptors (Lipinski definition) is 3. The Morgan fingerprint density at radius 2 is 2.19 bits per heavy atom. The van der Waals surface area contributed by atoms with Gasteiger partial charge in [-0.05, 0) is 53.9 Å². The van der Waals surface area contributed by atoms with Crippen LogP contribution >= 0.6 is 15.9 Å². The van der Waals surface area contributed by atoms with Crippen LogP contribution in [-0.4, -0.2) is 25.5 Å². The summed E-state index contributed by atoms with van der Waals surface area (Å²) in [6.07, 6.45) is 1.52. The van der Waals surface area contributed by atoms with Gasteiger partial charge < -0.3 is 5.11 Å². The summed E-state index contributed by atoms with van der Waals surface area (Å²) in [7, 11) is -3.92. The Balaban J connectivity index is 2.31. The highest BCUT2D eigenvalue weighted by atomic mass is 79.9. The Morgan fingerprint density at radius 3 is 2.76 bits per heavy atom. The standard InChI is InChI=1S/C13H15BrFNO4S/c1-13(12(17)18)6-2-3-11(13)16-21(19,20)10-5-4-8(15)7-9(10)14/h4-5,7,11,16H,2-3,6H2,1H3,(H,17,18). The maximum atomic E-state index is 13.0. The van der Waals surface area contributed by atoms with Gasteiger partial charge in [0.05, 0.1) is 10.3 Å². The second-order valence-corrected chi connectivity index (χ2v) is 7.90. The Labute approximate surface area is 130 Å². The normalized spacial score (nSPS) is 26.0. The average Bonchev–Trinajstić information content (AvgIpc) is 2.71. The summed E-state index contributed by atoms with van der Waals surface area (Å²) in [5.74, 6) is -1.58. The molecule has 0 spiro atoms. The summed E-state index contributed by atoms with van der Waals surface area (Å²) in [5, 5.41) is 9.31. The first-order valence-electron chi connectivity index (χ1n) is 6.37. The number of nitrogens with one attached hydrogen (secondary N) is 1. The first kappa shape index (κ1) is 16.4. The molecule has 0 bridgehead atoms. The summed E-state index contributed by atoms with van der Waals surface area (Å²) < 4.78 is 40.3. The number of hydrogen-bond donors (Lipinski definition) is 2. The van der Waals surface area contributed by atoms with Crippen molar-refractivity contribution >= 4 is 31.9 Å². The van der Waals surface area contributed by atoms with Gasteiger partial charge in [-0.2, -0.15) is 0 Å². The summed E-state index contributed by atoms with van der Waals surface area (Å²) in [6.45, 7) is 1.54. The molecule has 1 fully saturated rings. The van der Waals surface area contributed by atoms with Gasteiger partial charge in [0.1, 0.15) is 5.82 Å². The van der Waals surface area contributed by atoms with E-state index in [4.69, 9.17) is 0 Å². The van der Waals surface area contributed by atoms with Crippen LogP contribution in [0.5, 0.6) is 0 Å². The molecule has 1 aliphatic rings. The monoisotopic (exact) mass is 379 g/mol. The van der Waals surface area contributed by atoms with Crippen molar-refractivity contribution < 1.29 is 22.7 Å². The molecule has 0 radical (unpaired) electrons. The Kier molecular flexibility index (Phi) is 4.41. The number of benzene rings is 1. The molecular formula is C13H15BrFNO4S. The molecule has 2 N–H and O–H groups in total. The molecule has 2 atom stereocenters. The minimum Gasteiger partial charge on any atom is -0.481 e. The number of carboxylic acids is 1. The van der Waals surface area contributed by atoms with Gasteiger partial charge in [-0.15, -0.1) is 0 Å². The van der Waals surface area contributed by atoms with Gasteiger partial charge in [0.25, 0.3) is 0 Å². The van der Waals surface area contributed by atoms with Crippen molar-refractivity contribution in [2.45, 2.75) is 37.1 Å². The highest BCUT2D eigenvalue weighted by Gasteiger charge is 2.47. The lowest BCUT2D eigenvalue weighted by Crippen LogP contribution is -2.47. The van der Waals surface area contributed by atoms with E-state index >= 15 is 0 Å². The van der Waals surface area contributed by atoms with Crippen molar-refractivity contribution in [1.29, 1.82) is 0 Å². The van der Waals surface area contributed by atoms with Crippen molar-refractivity contribution in [2.75, 3.05) is 0 Å². The summed E-state index contributed by atoms with van der Waals surface area (Å²) in [6, 6.07) is 2.57. The van der Waals surface area contributed by atoms with E-state index in [-0.39, 0.29) is 9.37 Å². The van der Waals surface area contributed by atoms with E-state index in [9.17, 15) is 22.7 Å². The van der Waals surface area contributed by atoms with E-state index in [0.717, 1.165) is 18.2 Å². The summed E-state index contributed by atoms with van der Waals surface area (Å²) >= 11 is 3.01. The first-order valence-corrected chi connectivity index (χ1v) is 8.65. The number of halogens is 2. The van der Waals surface area contributed by atoms with Crippen LogP contribution in [0.3, 0.4) is 0 Å². The predicted molar refractivity (Wildman–Crippen MR) is 77.8 cm³/mol. The molecule has 8 heteroatoms. The van der Waals surface area contributed by atoms with E-state index in [1.165, 1.54) is 6.92 Å². The zero-order valence-corrected chi connectivity index (χ0v) is 13.7. The molecule has 21 heavy (non-hydrogen) atoms. The van der Waals surface area contributed by atoms with Crippen LogP contribution in [-0.2, 0) is 14.8 Å². The first-order chi connectivity index (χ1) is 9.67. The molecule has 0 aliphatic heterocycles. The number of aliphatic carboxylic acids is 1. The molecule has 0 saturated heterocycles. The third-order valence-corrected chi connectivity index (χ3v) is 6.38. The van der Waals surface area contributed by atoms with Gasteiger partial charge in [0.15, 0.2) is 0 Å². The van der Waals surface area contributed by atoms with E-state index in [2.05, 4.69) is 20.7 Å². The fourth-order valence-corrected chi connectivity index (χ4v) is 4.99. The Morgan fingerprint density at radius 1 is 1.52 bits per heavy atom. The minimum atomic E-state index is -3.92. The maximum absolute atomic E-state index is 13.0. The van der Waals surface area contributed by atoms with Crippen LogP contribution in [0.1, 0.15) is 26.2 Å². The second-order valence-electron chi connectivity index (χ2n) is 5.36. The molecule has 0 amide bonds. The number of carboxylic acid groups (broad SMARTS) is 1. The number of rotatable bonds is 4. The third-order valence-electron chi connectivity index (χ3n) is 3.93. The van der Waals surface area contributed by atoms with Crippen molar-refractivity contribution in [3.8, 4) is 0 Å². The van der Waals surface area contributed by atoms with Gasteiger partial charge >= 0.3 is 5.97 Å². The Hall–Kier alpha value is -0.990. The largest absolute Gasteiger partial charge is 0.481 e. The smallest absolute Gasteiger partial charge is 0.310 e. The highest BCUT2D eigenvalue weighted by Crippen LogP contribution is 2.39. The molecular weight excluding hydrogens is 365 g/mol. The van der Waals surface area contributed by atoms with Crippen LogP contribution < -0.4 is 4.72 Å². The van der Waals surface area contributed by atoms with Gasteiger partial charge in [0.2, 0.25) is 10.0 Å². The van der Waals surface area contributed by atoms with Crippen molar-refractivity contribution in [3.05, 3.63) is 28.5 Å². The number of sulfonamides is 1. The van der Waals surface area contributed by atoms with Gasteiger partial charge in [-0.1, -0.05) is 6.42 Å². The van der Waals surface area contributed by atoms with Gasteiger partial charge in [0, 0.05) is 10.5 Å². The van der Waals surface area contributed by atoms with Crippen LogP contribution in [0.25, 0.3) is 0 Å². The van der Waals surface area contributed by atoms with E-state index in [1.807, 2.05) is 0 Å². The molecule has 116 valence electrons. The average molecular weight is 380 g/mol. The topological polar surface area (TPSA) is 83.5 Å². The van der Waals surface area contributed by atoms with E-state index in [1.54, 1.807) is 0 Å². The second kappa shape index (κ2) is 5.66. The van der Waals surface area contributed by atoms with E-state index < -0.39 is 33.3 Å². The lowest BCUT2D eigenvalue weighted by molar-refractivity contribution is -0.148. The summed E-state index contributed by atoms with van der Waals surface area (Å²) in [5.41, 5.74) is -1.13. The van der Waals surface area contributed by atoms with Gasteiger partial charge in [-0.25, -0.2) is 17.5 Å². The lowest BCUT2D eigenvalue weighted by Gasteiger charge is -2.27. The fraction of sp³-hybridized carbons (Fsp3) is 0.462. The SMILES string of the molecule is CC1(C(=O)O)CCCC1NS(=O)(=O)c1ccc(F)cc1Br. The quantitative estimate of drug-likeness (QED) is 0.841. The van der Waals surface area contributed by atoms with Crippen LogP contribution in [0, 0.1) is 11.2 Å². The van der Waals surface area contributed by atoms with Gasteiger partial charge in [-0.3, -0.25) is 4.79 Å². The summed E-state index contributed by atoms with van der Waals surface area (Å²) in [4.78, 5) is 11.3. The molecule has 5 nitrogen and oxygen atoms in total. The van der Waals surface area contributed by atoms with Crippen LogP contribution in [0.2, 0.25) is 0 Å². The van der Waals surface area contributed by atoms with Crippen molar-refractivity contribution in [1.82, 2.24) is 4.72 Å². The van der Waals surface area contributed by atoms with E-state index in [0.29, 0.717) is 19.3 Å². The molecule has 1 saturated carbocycles. The predicted octanol–water partition coefficient (Wildman–Crippen LogP) is 2.51. The van der Waals surface area contributed by atoms with Crippen molar-refractivity contribution in [3.63, 3.8) is 0 Å². The molecule has 1 aromatic carbocycles. The third kappa shape index (κ3) is 3.12. The molecule has 2 rings (SSSR count). The zero-order valence-electron chi connectivity index (χ0n) is 11.3. The molecule has 0 heterocycles. The molecule has 1 aromatic rings. The lowest BCUT2D eigenvalue weighted by atomic mass is 9.85. The number of carbonyl (C=O) groups is 1. The fourth-order valence-electron chi connectivity index (χ4n) is 2.56. The molecule has 1 aliphatic carbocycles. The van der Waals surface area contributed by atoms with Crippen LogP contribution in [0.4, 0.5) is 4.39 Å². The minimum absolute atomic E-state index is 0.102. The van der Waals surface area contributed by atoms with Crippen LogP contribution in [0.15, 0.2) is 27.6 Å². The highest BCUT2D eigenvalue weighted by molar-refractivity contribution is 9.10. The molecule has 2 unspecified atom stereocenters. The molecule has 0 aromatic heterocycles. The maximum Gasteiger partial charge on any atom is 0.310 e.